The van der Waals surface area contributed by atoms with Gasteiger partial charge in [-0.25, -0.2) is 9.18 Å². The summed E-state index contributed by atoms with van der Waals surface area (Å²) < 4.78 is 13.7. The highest BCUT2D eigenvalue weighted by atomic mass is 19.1. The molecular formula is C17H17FN2O2. The Labute approximate surface area is 128 Å². The van der Waals surface area contributed by atoms with Crippen LogP contribution in [0, 0.1) is 5.82 Å². The molecule has 3 rings (SSSR count). The van der Waals surface area contributed by atoms with Gasteiger partial charge >= 0.3 is 6.03 Å². The van der Waals surface area contributed by atoms with Crippen molar-refractivity contribution in [1.82, 2.24) is 4.90 Å². The maximum absolute atomic E-state index is 13.7. The Morgan fingerprint density at radius 3 is 2.73 bits per heavy atom. The van der Waals surface area contributed by atoms with Crippen LogP contribution in [-0.2, 0) is 6.42 Å². The lowest BCUT2D eigenvalue weighted by molar-refractivity contribution is 0.135. The summed E-state index contributed by atoms with van der Waals surface area (Å²) in [5, 5.41) is 12.3. The third-order valence-corrected chi connectivity index (χ3v) is 3.96. The number of benzene rings is 2. The lowest BCUT2D eigenvalue weighted by Gasteiger charge is -2.36. The van der Waals surface area contributed by atoms with Gasteiger partial charge in [-0.1, -0.05) is 36.4 Å². The van der Waals surface area contributed by atoms with Gasteiger partial charge in [0.05, 0.1) is 18.3 Å². The second-order valence-corrected chi connectivity index (χ2v) is 5.25. The molecule has 0 aliphatic carbocycles. The van der Waals surface area contributed by atoms with Crippen LogP contribution in [0.1, 0.15) is 17.2 Å². The first-order valence-corrected chi connectivity index (χ1v) is 7.21. The predicted octanol–water partition coefficient (Wildman–Crippen LogP) is 2.95. The van der Waals surface area contributed by atoms with Crippen LogP contribution < -0.4 is 5.32 Å². The van der Waals surface area contributed by atoms with Crippen molar-refractivity contribution in [3.63, 3.8) is 0 Å². The summed E-state index contributed by atoms with van der Waals surface area (Å²) in [6, 6.07) is 13.0. The molecule has 1 atom stereocenters. The van der Waals surface area contributed by atoms with Crippen LogP contribution in [-0.4, -0.2) is 29.2 Å². The average Bonchev–Trinajstić information content (AvgIpc) is 2.55. The molecule has 0 bridgehead atoms. The standard InChI is InChI=1S/C17H17FN2O2/c18-14-7-3-4-8-15(14)19-17(22)20-10-9-12-5-1-2-6-13(12)16(20)11-21/h1-8,16,21H,9-11H2,(H,19,22). The second kappa shape index (κ2) is 6.15. The van der Waals surface area contributed by atoms with E-state index in [1.165, 1.54) is 12.1 Å². The lowest BCUT2D eigenvalue weighted by atomic mass is 9.93. The van der Waals surface area contributed by atoms with E-state index in [-0.39, 0.29) is 12.3 Å². The Kier molecular flexibility index (Phi) is 4.06. The molecular weight excluding hydrogens is 283 g/mol. The van der Waals surface area contributed by atoms with Crippen LogP contribution in [0.4, 0.5) is 14.9 Å². The van der Waals surface area contributed by atoms with Crippen molar-refractivity contribution >= 4 is 11.7 Å². The monoisotopic (exact) mass is 300 g/mol. The van der Waals surface area contributed by atoms with E-state index >= 15 is 0 Å². The quantitative estimate of drug-likeness (QED) is 0.896. The summed E-state index contributed by atoms with van der Waals surface area (Å²) >= 11 is 0. The van der Waals surface area contributed by atoms with E-state index in [1.807, 2.05) is 24.3 Å². The zero-order valence-corrected chi connectivity index (χ0v) is 12.0. The van der Waals surface area contributed by atoms with Crippen molar-refractivity contribution in [2.75, 3.05) is 18.5 Å². The van der Waals surface area contributed by atoms with Crippen LogP contribution in [0.15, 0.2) is 48.5 Å². The molecule has 0 aromatic heterocycles. The van der Waals surface area contributed by atoms with E-state index in [1.54, 1.807) is 17.0 Å². The zero-order valence-electron chi connectivity index (χ0n) is 12.0. The number of amides is 2. The maximum Gasteiger partial charge on any atom is 0.322 e. The molecule has 0 radical (unpaired) electrons. The van der Waals surface area contributed by atoms with Crippen LogP contribution in [0.3, 0.4) is 0 Å². The zero-order chi connectivity index (χ0) is 15.5. The van der Waals surface area contributed by atoms with Crippen LogP contribution in [0.25, 0.3) is 0 Å². The molecule has 1 aliphatic rings. The van der Waals surface area contributed by atoms with E-state index in [0.717, 1.165) is 17.5 Å². The lowest BCUT2D eigenvalue weighted by Crippen LogP contribution is -2.44. The van der Waals surface area contributed by atoms with Crippen molar-refractivity contribution < 1.29 is 14.3 Å². The number of hydrogen-bond donors (Lipinski definition) is 2. The molecule has 0 fully saturated rings. The molecule has 22 heavy (non-hydrogen) atoms. The molecule has 0 spiro atoms. The molecule has 5 heteroatoms. The number of halogens is 1. The molecule has 2 aromatic rings. The van der Waals surface area contributed by atoms with Crippen LogP contribution >= 0.6 is 0 Å². The van der Waals surface area contributed by atoms with Gasteiger partial charge in [0, 0.05) is 6.54 Å². The van der Waals surface area contributed by atoms with E-state index in [2.05, 4.69) is 5.32 Å². The number of anilines is 1. The Hall–Kier alpha value is -2.40. The molecule has 2 amide bonds. The summed E-state index contributed by atoms with van der Waals surface area (Å²) in [6.45, 7) is 0.324. The Bertz CT molecular complexity index is 690. The van der Waals surface area contributed by atoms with E-state index in [9.17, 15) is 14.3 Å². The van der Waals surface area contributed by atoms with E-state index < -0.39 is 17.9 Å². The first-order chi connectivity index (χ1) is 10.7. The molecule has 114 valence electrons. The number of nitrogens with zero attached hydrogens (tertiary/aromatic N) is 1. The normalized spacial score (nSPS) is 17.0. The molecule has 2 N–H and O–H groups in total. The topological polar surface area (TPSA) is 52.6 Å². The minimum atomic E-state index is -0.478. The number of fused-ring (bicyclic) bond motifs is 1. The van der Waals surface area contributed by atoms with Gasteiger partial charge in [0.2, 0.25) is 0 Å². The molecule has 1 heterocycles. The number of urea groups is 1. The smallest absolute Gasteiger partial charge is 0.322 e. The van der Waals surface area contributed by atoms with Crippen molar-refractivity contribution in [3.05, 3.63) is 65.5 Å². The van der Waals surface area contributed by atoms with Gasteiger partial charge in [0.15, 0.2) is 0 Å². The molecule has 1 unspecified atom stereocenters. The number of nitrogens with one attached hydrogen (secondary N) is 1. The average molecular weight is 300 g/mol. The Morgan fingerprint density at radius 2 is 1.95 bits per heavy atom. The largest absolute Gasteiger partial charge is 0.394 e. The number of carbonyl (C=O) groups is 1. The Morgan fingerprint density at radius 1 is 1.23 bits per heavy atom. The van der Waals surface area contributed by atoms with Gasteiger partial charge < -0.3 is 15.3 Å². The number of aliphatic hydroxyl groups is 1. The van der Waals surface area contributed by atoms with E-state index in [4.69, 9.17) is 0 Å². The molecule has 1 aliphatic heterocycles. The van der Waals surface area contributed by atoms with Crippen molar-refractivity contribution in [2.24, 2.45) is 0 Å². The van der Waals surface area contributed by atoms with Crippen LogP contribution in [0.2, 0.25) is 0 Å². The fourth-order valence-electron chi connectivity index (χ4n) is 2.84. The molecule has 0 saturated carbocycles. The minimum absolute atomic E-state index is 0.142. The summed E-state index contributed by atoms with van der Waals surface area (Å²) in [5.74, 6) is -0.478. The number of aliphatic hydroxyl groups excluding tert-OH is 1. The Balaban J connectivity index is 1.83. The van der Waals surface area contributed by atoms with Gasteiger partial charge in [-0.3, -0.25) is 0 Å². The first-order valence-electron chi connectivity index (χ1n) is 7.21. The van der Waals surface area contributed by atoms with Gasteiger partial charge in [-0.15, -0.1) is 0 Å². The molecule has 2 aromatic carbocycles. The van der Waals surface area contributed by atoms with Gasteiger partial charge in [-0.2, -0.15) is 0 Å². The third kappa shape index (κ3) is 2.67. The number of para-hydroxylation sites is 1. The second-order valence-electron chi connectivity index (χ2n) is 5.25. The number of rotatable bonds is 2. The fourth-order valence-corrected chi connectivity index (χ4v) is 2.84. The summed E-state index contributed by atoms with van der Waals surface area (Å²) in [7, 11) is 0. The van der Waals surface area contributed by atoms with Crippen molar-refractivity contribution in [1.29, 1.82) is 0 Å². The van der Waals surface area contributed by atoms with Crippen LogP contribution in [0.5, 0.6) is 0 Å². The predicted molar refractivity (Wildman–Crippen MR) is 82.1 cm³/mol. The van der Waals surface area contributed by atoms with Gasteiger partial charge in [0.25, 0.3) is 0 Å². The summed E-state index contributed by atoms with van der Waals surface area (Å²) in [6.07, 6.45) is 0.720. The number of hydrogen-bond acceptors (Lipinski definition) is 2. The van der Waals surface area contributed by atoms with E-state index in [0.29, 0.717) is 6.54 Å². The SMILES string of the molecule is O=C(Nc1ccccc1F)N1CCc2ccccc2C1CO. The minimum Gasteiger partial charge on any atom is -0.394 e. The highest BCUT2D eigenvalue weighted by Gasteiger charge is 2.30. The maximum atomic E-state index is 13.7. The van der Waals surface area contributed by atoms with Crippen molar-refractivity contribution in [3.8, 4) is 0 Å². The van der Waals surface area contributed by atoms with Gasteiger partial charge in [0.1, 0.15) is 5.82 Å². The van der Waals surface area contributed by atoms with Gasteiger partial charge in [-0.05, 0) is 29.7 Å². The highest BCUT2D eigenvalue weighted by molar-refractivity contribution is 5.90. The number of carbonyl (C=O) groups excluding carboxylic acids is 1. The molecule has 0 saturated heterocycles. The summed E-state index contributed by atoms with van der Waals surface area (Å²) in [4.78, 5) is 14.0. The molecule has 4 nitrogen and oxygen atoms in total. The van der Waals surface area contributed by atoms with Crippen molar-refractivity contribution in [2.45, 2.75) is 12.5 Å². The third-order valence-electron chi connectivity index (χ3n) is 3.96. The first kappa shape index (κ1) is 14.5. The summed E-state index contributed by atoms with van der Waals surface area (Å²) in [5.41, 5.74) is 2.22. The fraction of sp³-hybridized carbons (Fsp3) is 0.235. The highest BCUT2D eigenvalue weighted by Crippen LogP contribution is 2.29.